The molecule has 0 bridgehead atoms. The summed E-state index contributed by atoms with van der Waals surface area (Å²) in [5.74, 6) is 0.178. The molecule has 2 aliphatic heterocycles. The van der Waals surface area contributed by atoms with Gasteiger partial charge in [0.25, 0.3) is 0 Å². The van der Waals surface area contributed by atoms with Crippen LogP contribution in [0.25, 0.3) is 0 Å². The fourth-order valence-corrected chi connectivity index (χ4v) is 4.07. The molecule has 2 aromatic carbocycles. The summed E-state index contributed by atoms with van der Waals surface area (Å²) in [4.78, 5) is 28.7. The van der Waals surface area contributed by atoms with E-state index < -0.39 is 0 Å². The summed E-state index contributed by atoms with van der Waals surface area (Å²) in [7, 11) is 0. The molecule has 0 aliphatic carbocycles. The van der Waals surface area contributed by atoms with Gasteiger partial charge in [0, 0.05) is 44.8 Å². The number of carbonyl (C=O) groups is 2. The van der Waals surface area contributed by atoms with Crippen molar-refractivity contribution in [2.24, 2.45) is 0 Å². The van der Waals surface area contributed by atoms with Gasteiger partial charge in [-0.25, -0.2) is 4.79 Å². The molecule has 164 valence electrons. The number of carbonyl (C=O) groups excluding carboxylic acids is 2. The van der Waals surface area contributed by atoms with E-state index in [9.17, 15) is 9.59 Å². The predicted molar refractivity (Wildman–Crippen MR) is 120 cm³/mol. The number of urea groups is 1. The Labute approximate surface area is 183 Å². The fraction of sp³-hybridized carbons (Fsp3) is 0.417. The van der Waals surface area contributed by atoms with Crippen LogP contribution >= 0.6 is 0 Å². The Kier molecular flexibility index (Phi) is 7.17. The van der Waals surface area contributed by atoms with Crippen molar-refractivity contribution >= 4 is 17.6 Å². The second-order valence-electron chi connectivity index (χ2n) is 8.02. The maximum atomic E-state index is 12.6. The summed E-state index contributed by atoms with van der Waals surface area (Å²) in [5, 5.41) is 6.09. The Bertz CT molecular complexity index is 866. The summed E-state index contributed by atoms with van der Waals surface area (Å²) in [5.41, 5.74) is 3.00. The largest absolute Gasteiger partial charge is 0.379 e. The first-order valence-corrected chi connectivity index (χ1v) is 11.0. The molecule has 31 heavy (non-hydrogen) atoms. The van der Waals surface area contributed by atoms with E-state index in [1.807, 2.05) is 59.5 Å². The molecule has 2 heterocycles. The van der Waals surface area contributed by atoms with Gasteiger partial charge >= 0.3 is 6.03 Å². The van der Waals surface area contributed by atoms with Crippen molar-refractivity contribution in [1.29, 1.82) is 0 Å². The number of benzene rings is 2. The van der Waals surface area contributed by atoms with Crippen LogP contribution in [0.15, 0.2) is 54.6 Å². The first kappa shape index (κ1) is 21.3. The van der Waals surface area contributed by atoms with Gasteiger partial charge in [0.15, 0.2) is 0 Å². The van der Waals surface area contributed by atoms with Gasteiger partial charge in [-0.2, -0.15) is 0 Å². The molecule has 0 saturated carbocycles. The van der Waals surface area contributed by atoms with Crippen LogP contribution < -0.4 is 15.5 Å². The lowest BCUT2D eigenvalue weighted by molar-refractivity contribution is -0.117. The van der Waals surface area contributed by atoms with Crippen LogP contribution in [0.3, 0.4) is 0 Å². The Morgan fingerprint density at radius 3 is 2.42 bits per heavy atom. The Balaban J connectivity index is 1.32. The van der Waals surface area contributed by atoms with Crippen molar-refractivity contribution < 1.29 is 14.3 Å². The number of nitrogens with one attached hydrogen (secondary N) is 2. The summed E-state index contributed by atoms with van der Waals surface area (Å²) < 4.78 is 5.44. The van der Waals surface area contributed by atoms with Gasteiger partial charge < -0.3 is 20.3 Å². The normalized spacial score (nSPS) is 18.1. The number of hydrogen-bond donors (Lipinski definition) is 2. The number of rotatable bonds is 7. The van der Waals surface area contributed by atoms with Crippen molar-refractivity contribution in [3.05, 3.63) is 65.7 Å². The van der Waals surface area contributed by atoms with E-state index >= 15 is 0 Å². The average molecular weight is 423 g/mol. The van der Waals surface area contributed by atoms with Gasteiger partial charge in [0.2, 0.25) is 5.91 Å². The van der Waals surface area contributed by atoms with E-state index in [4.69, 9.17) is 4.74 Å². The third-order valence-electron chi connectivity index (χ3n) is 5.83. The zero-order chi connectivity index (χ0) is 21.5. The van der Waals surface area contributed by atoms with Gasteiger partial charge in [-0.1, -0.05) is 42.5 Å². The highest BCUT2D eigenvalue weighted by Gasteiger charge is 2.22. The Morgan fingerprint density at radius 2 is 1.74 bits per heavy atom. The smallest absolute Gasteiger partial charge is 0.315 e. The molecule has 1 atom stereocenters. The zero-order valence-corrected chi connectivity index (χ0v) is 17.8. The quantitative estimate of drug-likeness (QED) is 0.720. The molecule has 7 heteroatoms. The van der Waals surface area contributed by atoms with Crippen LogP contribution in [0.1, 0.15) is 30.0 Å². The predicted octanol–water partition coefficient (Wildman–Crippen LogP) is 2.69. The molecule has 0 unspecified atom stereocenters. The monoisotopic (exact) mass is 422 g/mol. The van der Waals surface area contributed by atoms with Gasteiger partial charge in [0.05, 0.1) is 19.3 Å². The maximum absolute atomic E-state index is 12.6. The number of hydrogen-bond acceptors (Lipinski definition) is 4. The van der Waals surface area contributed by atoms with Crippen molar-refractivity contribution in [3.63, 3.8) is 0 Å². The molecule has 4 rings (SSSR count). The van der Waals surface area contributed by atoms with Crippen molar-refractivity contribution in [3.8, 4) is 0 Å². The molecular formula is C24H30N4O3. The van der Waals surface area contributed by atoms with Crippen LogP contribution in [0.4, 0.5) is 10.5 Å². The molecule has 0 radical (unpaired) electrons. The molecule has 3 amide bonds. The number of nitrogens with zero attached hydrogens (tertiary/aromatic N) is 2. The van der Waals surface area contributed by atoms with Crippen molar-refractivity contribution in [2.75, 3.05) is 44.3 Å². The lowest BCUT2D eigenvalue weighted by Gasteiger charge is -2.31. The lowest BCUT2D eigenvalue weighted by atomic mass is 10.1. The van der Waals surface area contributed by atoms with Gasteiger partial charge in [-0.3, -0.25) is 9.69 Å². The van der Waals surface area contributed by atoms with E-state index in [0.717, 1.165) is 62.6 Å². The molecule has 2 N–H and O–H groups in total. The van der Waals surface area contributed by atoms with Crippen LogP contribution in [-0.2, 0) is 16.1 Å². The number of ether oxygens (including phenoxy) is 1. The van der Waals surface area contributed by atoms with E-state index in [1.54, 1.807) is 0 Å². The van der Waals surface area contributed by atoms with Gasteiger partial charge in [-0.05, 0) is 29.7 Å². The van der Waals surface area contributed by atoms with Crippen LogP contribution in [0, 0.1) is 0 Å². The maximum Gasteiger partial charge on any atom is 0.315 e. The summed E-state index contributed by atoms with van der Waals surface area (Å²) in [6.07, 6.45) is 1.53. The van der Waals surface area contributed by atoms with E-state index in [-0.39, 0.29) is 18.0 Å². The SMILES string of the molecule is O=C(NCc1ccc(N2CCCC2=O)cc1)N[C@H](CN1CCOCC1)c1ccccc1. The summed E-state index contributed by atoms with van der Waals surface area (Å²) >= 11 is 0. The van der Waals surface area contributed by atoms with Crippen LogP contribution in [-0.4, -0.2) is 56.2 Å². The molecule has 2 aliphatic rings. The molecule has 2 fully saturated rings. The number of amides is 3. The highest BCUT2D eigenvalue weighted by Crippen LogP contribution is 2.21. The van der Waals surface area contributed by atoms with Gasteiger partial charge in [-0.15, -0.1) is 0 Å². The van der Waals surface area contributed by atoms with Crippen molar-refractivity contribution in [1.82, 2.24) is 15.5 Å². The van der Waals surface area contributed by atoms with E-state index in [2.05, 4.69) is 15.5 Å². The average Bonchev–Trinajstić information content (AvgIpc) is 3.25. The third-order valence-corrected chi connectivity index (χ3v) is 5.83. The van der Waals surface area contributed by atoms with Crippen molar-refractivity contribution in [2.45, 2.75) is 25.4 Å². The Morgan fingerprint density at radius 1 is 1.00 bits per heavy atom. The minimum atomic E-state index is -0.194. The standard InChI is InChI=1S/C24H30N4O3/c29-23-7-4-12-28(23)21-10-8-19(9-11-21)17-25-24(30)26-22(20-5-2-1-3-6-20)18-27-13-15-31-16-14-27/h1-3,5-6,8-11,22H,4,7,12-18H2,(H2,25,26,30)/t22-/m1/s1. The highest BCUT2D eigenvalue weighted by molar-refractivity contribution is 5.95. The molecule has 2 aromatic rings. The summed E-state index contributed by atoms with van der Waals surface area (Å²) in [6.45, 7) is 5.16. The first-order valence-electron chi connectivity index (χ1n) is 11.0. The third kappa shape index (κ3) is 5.83. The number of morpholine rings is 1. The molecule has 0 spiro atoms. The lowest BCUT2D eigenvalue weighted by Crippen LogP contribution is -2.45. The minimum absolute atomic E-state index is 0.0946. The van der Waals surface area contributed by atoms with E-state index in [1.165, 1.54) is 0 Å². The highest BCUT2D eigenvalue weighted by atomic mass is 16.5. The topological polar surface area (TPSA) is 73.9 Å². The molecule has 2 saturated heterocycles. The Hall–Kier alpha value is -2.90. The molecule has 0 aromatic heterocycles. The first-order chi connectivity index (χ1) is 15.2. The van der Waals surface area contributed by atoms with E-state index in [0.29, 0.717) is 13.0 Å². The van der Waals surface area contributed by atoms with Crippen LogP contribution in [0.2, 0.25) is 0 Å². The molecular weight excluding hydrogens is 392 g/mol. The second kappa shape index (κ2) is 10.4. The fourth-order valence-electron chi connectivity index (χ4n) is 4.07. The molecule has 7 nitrogen and oxygen atoms in total. The van der Waals surface area contributed by atoms with Crippen LogP contribution in [0.5, 0.6) is 0 Å². The van der Waals surface area contributed by atoms with Gasteiger partial charge in [0.1, 0.15) is 0 Å². The summed E-state index contributed by atoms with van der Waals surface area (Å²) in [6, 6.07) is 17.6. The zero-order valence-electron chi connectivity index (χ0n) is 17.8. The second-order valence-corrected chi connectivity index (χ2v) is 8.02. The number of anilines is 1. The minimum Gasteiger partial charge on any atom is -0.379 e.